The van der Waals surface area contributed by atoms with Crippen molar-refractivity contribution in [1.82, 2.24) is 0 Å². The molecular weight excluding hydrogens is 423 g/mol. The third-order valence-corrected chi connectivity index (χ3v) is 4.16. The lowest BCUT2D eigenvalue weighted by Gasteiger charge is -2.12. The fourth-order valence-electron chi connectivity index (χ4n) is 2.21. The van der Waals surface area contributed by atoms with Crippen LogP contribution in [-0.4, -0.2) is 0 Å². The minimum Gasteiger partial charge on any atom is -0.207 e. The average Bonchev–Trinajstić information content (AvgIpc) is 2.57. The summed E-state index contributed by atoms with van der Waals surface area (Å²) in [4.78, 5) is 0. The third kappa shape index (κ3) is 5.46. The summed E-state index contributed by atoms with van der Waals surface area (Å²) in [7, 11) is -3.27. The van der Waals surface area contributed by atoms with E-state index < -0.39 is 67.7 Å². The van der Waals surface area contributed by atoms with Crippen LogP contribution in [0.3, 0.4) is 0 Å². The van der Waals surface area contributed by atoms with E-state index in [0.29, 0.717) is 12.1 Å². The van der Waals surface area contributed by atoms with Gasteiger partial charge in [0.1, 0.15) is 24.8 Å². The van der Waals surface area contributed by atoms with Crippen molar-refractivity contribution in [3.8, 4) is 0 Å². The number of hydrogen-bond donors (Lipinski definition) is 0. The quantitative estimate of drug-likeness (QED) is 0.391. The van der Waals surface area contributed by atoms with Gasteiger partial charge in [0.15, 0.2) is 0 Å². The minimum absolute atomic E-state index is 0.574. The zero-order valence-electron chi connectivity index (χ0n) is 13.6. The highest BCUT2D eigenvalue weighted by atomic mass is 31.1. The van der Waals surface area contributed by atoms with Gasteiger partial charge in [-0.15, -0.1) is 9.05 Å². The van der Waals surface area contributed by atoms with Gasteiger partial charge in [-0.05, 0) is 24.3 Å². The second kappa shape index (κ2) is 8.50. The average molecular weight is 433 g/mol. The topological polar surface area (TPSA) is 35.5 Å². The van der Waals surface area contributed by atoms with Crippen LogP contribution in [0.1, 0.15) is 22.3 Å². The summed E-state index contributed by atoms with van der Waals surface area (Å²) in [6.07, 6.45) is -9.83. The fourth-order valence-corrected chi connectivity index (χ4v) is 2.76. The number of alkyl halides is 6. The first-order chi connectivity index (χ1) is 12.9. The second-order valence-corrected chi connectivity index (χ2v) is 6.26. The molecule has 12 heteroatoms. The Morgan fingerprint density at radius 2 is 1.07 bits per heavy atom. The minimum atomic E-state index is -4.91. The van der Waals surface area contributed by atoms with Crippen LogP contribution < -0.4 is 0 Å². The van der Waals surface area contributed by atoms with Crippen LogP contribution in [0.5, 0.6) is 0 Å². The van der Waals surface area contributed by atoms with Crippen LogP contribution in [0, 0.1) is 11.6 Å². The van der Waals surface area contributed by atoms with E-state index in [-0.39, 0.29) is 0 Å². The van der Waals surface area contributed by atoms with E-state index in [1.807, 2.05) is 0 Å². The van der Waals surface area contributed by atoms with Gasteiger partial charge in [-0.2, -0.15) is 26.3 Å². The zero-order chi connectivity index (χ0) is 21.1. The Balaban J connectivity index is 2.09. The Morgan fingerprint density at radius 1 is 0.714 bits per heavy atom. The van der Waals surface area contributed by atoms with Gasteiger partial charge in [-0.3, -0.25) is 0 Å². The zero-order valence-corrected chi connectivity index (χ0v) is 14.5. The molecule has 0 aliphatic carbocycles. The molecule has 0 heterocycles. The molecule has 2 aromatic rings. The molecule has 0 unspecified atom stereocenters. The van der Waals surface area contributed by atoms with Gasteiger partial charge in [0, 0.05) is 15.7 Å². The van der Waals surface area contributed by atoms with Crippen molar-refractivity contribution < 1.29 is 48.7 Å². The predicted molar refractivity (Wildman–Crippen MR) is 80.0 cm³/mol. The molecule has 0 aromatic heterocycles. The van der Waals surface area contributed by atoms with Crippen LogP contribution in [0.15, 0.2) is 36.4 Å². The molecule has 0 bridgehead atoms. The Kier molecular flexibility index (Phi) is 6.74. The Labute approximate surface area is 153 Å². The van der Waals surface area contributed by atoms with Crippen LogP contribution in [0.25, 0.3) is 0 Å². The molecule has 0 atom stereocenters. The number of rotatable bonds is 6. The molecule has 152 valence electrons. The Bertz CT molecular complexity index is 794. The van der Waals surface area contributed by atoms with Crippen LogP contribution in [0.2, 0.25) is 0 Å². The lowest BCUT2D eigenvalue weighted by molar-refractivity contribution is -0.139. The SMILES string of the molecule is O=[P+](OCc1c(F)cccc1C(F)(F)F)OCc1c(F)cccc1C(F)(F)F. The summed E-state index contributed by atoms with van der Waals surface area (Å²) in [6, 6.07) is 4.22. The maximum Gasteiger partial charge on any atom is 0.698 e. The van der Waals surface area contributed by atoms with Crippen LogP contribution in [0.4, 0.5) is 35.1 Å². The standard InChI is InChI=1S/C16H10F8O3P/c17-13-5-1-3-11(15(19,20)21)9(13)7-26-28(25)27-8-10-12(16(22,23)24)4-2-6-14(10)18/h1-6H,7-8H2/q+1. The molecule has 28 heavy (non-hydrogen) atoms. The van der Waals surface area contributed by atoms with E-state index in [4.69, 9.17) is 0 Å². The van der Waals surface area contributed by atoms with Crippen molar-refractivity contribution in [1.29, 1.82) is 0 Å². The number of benzene rings is 2. The van der Waals surface area contributed by atoms with Crippen molar-refractivity contribution in [3.05, 3.63) is 70.3 Å². The molecule has 0 saturated carbocycles. The highest BCUT2D eigenvalue weighted by molar-refractivity contribution is 7.33. The van der Waals surface area contributed by atoms with Crippen molar-refractivity contribution in [2.24, 2.45) is 0 Å². The first kappa shape index (κ1) is 22.2. The first-order valence-electron chi connectivity index (χ1n) is 7.33. The largest absolute Gasteiger partial charge is 0.698 e. The Morgan fingerprint density at radius 3 is 1.39 bits per heavy atom. The predicted octanol–water partition coefficient (Wildman–Crippen LogP) is 6.39. The van der Waals surface area contributed by atoms with Crippen molar-refractivity contribution in [2.75, 3.05) is 0 Å². The van der Waals surface area contributed by atoms with E-state index in [2.05, 4.69) is 9.05 Å². The van der Waals surface area contributed by atoms with E-state index in [9.17, 15) is 39.7 Å². The molecule has 0 radical (unpaired) electrons. The molecule has 0 saturated heterocycles. The highest BCUT2D eigenvalue weighted by Crippen LogP contribution is 2.37. The lowest BCUT2D eigenvalue weighted by atomic mass is 10.1. The summed E-state index contributed by atoms with van der Waals surface area (Å²) in [5.74, 6) is -2.57. The molecule has 0 N–H and O–H groups in total. The molecular formula is C16H10F8O3P+. The molecule has 0 fully saturated rings. The summed E-state index contributed by atoms with van der Waals surface area (Å²) < 4.78 is 125. The van der Waals surface area contributed by atoms with E-state index >= 15 is 0 Å². The summed E-state index contributed by atoms with van der Waals surface area (Å²) >= 11 is 0. The van der Waals surface area contributed by atoms with Gasteiger partial charge in [0.25, 0.3) is 0 Å². The molecule has 2 aromatic carbocycles. The van der Waals surface area contributed by atoms with E-state index in [1.165, 1.54) is 0 Å². The number of halogens is 8. The van der Waals surface area contributed by atoms with Gasteiger partial charge in [-0.25, -0.2) is 8.78 Å². The van der Waals surface area contributed by atoms with Crippen LogP contribution in [-0.2, 0) is 39.2 Å². The highest BCUT2D eigenvalue weighted by Gasteiger charge is 2.37. The molecule has 3 nitrogen and oxygen atoms in total. The molecule has 2 rings (SSSR count). The first-order valence-corrected chi connectivity index (χ1v) is 8.43. The smallest absolute Gasteiger partial charge is 0.207 e. The van der Waals surface area contributed by atoms with Crippen LogP contribution >= 0.6 is 8.25 Å². The summed E-state index contributed by atoms with van der Waals surface area (Å²) in [5.41, 5.74) is -4.65. The van der Waals surface area contributed by atoms with Crippen molar-refractivity contribution in [2.45, 2.75) is 25.6 Å². The fraction of sp³-hybridized carbons (Fsp3) is 0.250. The second-order valence-electron chi connectivity index (χ2n) is 5.30. The maximum atomic E-state index is 13.6. The normalized spacial score (nSPS) is 12.3. The number of hydrogen-bond acceptors (Lipinski definition) is 3. The van der Waals surface area contributed by atoms with Gasteiger partial charge >= 0.3 is 20.6 Å². The van der Waals surface area contributed by atoms with Gasteiger partial charge in [-0.1, -0.05) is 12.1 Å². The summed E-state index contributed by atoms with van der Waals surface area (Å²) in [6.45, 7) is -2.25. The van der Waals surface area contributed by atoms with E-state index in [1.54, 1.807) is 0 Å². The van der Waals surface area contributed by atoms with Crippen molar-refractivity contribution >= 4 is 8.25 Å². The van der Waals surface area contributed by atoms with Gasteiger partial charge < -0.3 is 0 Å². The molecule has 0 aliphatic rings. The van der Waals surface area contributed by atoms with Crippen molar-refractivity contribution in [3.63, 3.8) is 0 Å². The Hall–Kier alpha value is -2.10. The van der Waals surface area contributed by atoms with Gasteiger partial charge in [0.05, 0.1) is 11.1 Å². The molecule has 0 spiro atoms. The molecule has 0 amide bonds. The van der Waals surface area contributed by atoms with Gasteiger partial charge in [0.2, 0.25) is 0 Å². The monoisotopic (exact) mass is 433 g/mol. The third-order valence-electron chi connectivity index (χ3n) is 3.48. The molecule has 0 aliphatic heterocycles. The summed E-state index contributed by atoms with van der Waals surface area (Å²) in [5, 5.41) is 0. The lowest BCUT2D eigenvalue weighted by Crippen LogP contribution is -2.12. The maximum absolute atomic E-state index is 13.6. The van der Waals surface area contributed by atoms with E-state index in [0.717, 1.165) is 24.3 Å².